The standard InChI is InChI=1S/C22H24F3N3O2/c1-2-14-4-7-18(17(24)10-14)26-20-15(5-6-16(23)19(20)25)21(29)28-12-22(30,13-28)11-27-8-3-9-27/h4-7,10,26,30H,2-3,8-9,11-13H2,1H3. The average Bonchev–Trinajstić information content (AvgIpc) is 2.67. The van der Waals surface area contributed by atoms with E-state index in [1.54, 1.807) is 6.07 Å². The first-order chi connectivity index (χ1) is 14.3. The van der Waals surface area contributed by atoms with E-state index < -0.39 is 34.6 Å². The van der Waals surface area contributed by atoms with Crippen molar-refractivity contribution >= 4 is 17.3 Å². The molecule has 0 atom stereocenters. The molecule has 2 aliphatic heterocycles. The normalized spacial score (nSPS) is 18.0. The molecule has 4 rings (SSSR count). The van der Waals surface area contributed by atoms with E-state index >= 15 is 0 Å². The molecule has 2 aromatic rings. The maximum atomic E-state index is 14.6. The van der Waals surface area contributed by atoms with Gasteiger partial charge in [-0.15, -0.1) is 0 Å². The van der Waals surface area contributed by atoms with Crippen LogP contribution in [0.3, 0.4) is 0 Å². The van der Waals surface area contributed by atoms with Crippen LogP contribution >= 0.6 is 0 Å². The van der Waals surface area contributed by atoms with Gasteiger partial charge in [-0.1, -0.05) is 13.0 Å². The number of benzene rings is 2. The number of amides is 1. The van der Waals surface area contributed by atoms with E-state index in [0.29, 0.717) is 13.0 Å². The topological polar surface area (TPSA) is 55.8 Å². The van der Waals surface area contributed by atoms with Gasteiger partial charge < -0.3 is 20.2 Å². The van der Waals surface area contributed by atoms with Crippen molar-refractivity contribution < 1.29 is 23.1 Å². The second kappa shape index (κ2) is 7.92. The predicted octanol–water partition coefficient (Wildman–Crippen LogP) is 3.30. The van der Waals surface area contributed by atoms with Gasteiger partial charge in [-0.2, -0.15) is 0 Å². The van der Waals surface area contributed by atoms with Crippen LogP contribution in [0.5, 0.6) is 0 Å². The van der Waals surface area contributed by atoms with Gasteiger partial charge in [0, 0.05) is 6.54 Å². The summed E-state index contributed by atoms with van der Waals surface area (Å²) in [6, 6.07) is 6.47. The third-order valence-electron chi connectivity index (χ3n) is 5.75. The molecule has 5 nitrogen and oxygen atoms in total. The molecule has 0 saturated carbocycles. The average molecular weight is 419 g/mol. The summed E-state index contributed by atoms with van der Waals surface area (Å²) in [6.45, 7) is 4.43. The van der Waals surface area contributed by atoms with Crippen LogP contribution in [-0.4, -0.2) is 59.1 Å². The quantitative estimate of drug-likeness (QED) is 0.755. The van der Waals surface area contributed by atoms with Gasteiger partial charge in [0.25, 0.3) is 5.91 Å². The number of halogens is 3. The molecule has 2 N–H and O–H groups in total. The van der Waals surface area contributed by atoms with Gasteiger partial charge in [0.05, 0.1) is 30.0 Å². The zero-order chi connectivity index (χ0) is 21.5. The highest BCUT2D eigenvalue weighted by Gasteiger charge is 2.46. The lowest BCUT2D eigenvalue weighted by Crippen LogP contribution is -2.68. The van der Waals surface area contributed by atoms with Crippen molar-refractivity contribution in [2.45, 2.75) is 25.4 Å². The molecule has 0 bridgehead atoms. The van der Waals surface area contributed by atoms with E-state index in [1.807, 2.05) is 6.92 Å². The molecule has 0 aromatic heterocycles. The van der Waals surface area contributed by atoms with Crippen molar-refractivity contribution in [1.29, 1.82) is 0 Å². The zero-order valence-electron chi connectivity index (χ0n) is 16.7. The van der Waals surface area contributed by atoms with Crippen LogP contribution in [0.2, 0.25) is 0 Å². The summed E-state index contributed by atoms with van der Waals surface area (Å²) in [6.07, 6.45) is 1.73. The van der Waals surface area contributed by atoms with Crippen molar-refractivity contribution in [1.82, 2.24) is 9.80 Å². The van der Waals surface area contributed by atoms with E-state index in [0.717, 1.165) is 31.1 Å². The van der Waals surface area contributed by atoms with E-state index in [-0.39, 0.29) is 24.3 Å². The highest BCUT2D eigenvalue weighted by Crippen LogP contribution is 2.32. The number of β-amino-alcohol motifs (C(OH)–C–C–N with tert-alkyl or cyclic N) is 1. The Morgan fingerprint density at radius 2 is 1.87 bits per heavy atom. The molecular formula is C22H24F3N3O2. The van der Waals surface area contributed by atoms with Crippen molar-refractivity contribution in [2.75, 3.05) is 38.0 Å². The summed E-state index contributed by atoms with van der Waals surface area (Å²) in [5.41, 5.74) is -0.815. The smallest absolute Gasteiger partial charge is 0.256 e. The molecule has 0 spiro atoms. The number of likely N-dealkylation sites (tertiary alicyclic amines) is 2. The number of carbonyl (C=O) groups is 1. The molecule has 2 heterocycles. The van der Waals surface area contributed by atoms with Gasteiger partial charge in [0.2, 0.25) is 0 Å². The lowest BCUT2D eigenvalue weighted by molar-refractivity contribution is -0.105. The first kappa shape index (κ1) is 20.7. The van der Waals surface area contributed by atoms with Gasteiger partial charge in [-0.25, -0.2) is 13.2 Å². The maximum Gasteiger partial charge on any atom is 0.256 e. The SMILES string of the molecule is CCc1ccc(Nc2c(C(=O)N3CC(O)(CN4CCC4)C3)ccc(F)c2F)c(F)c1. The van der Waals surface area contributed by atoms with E-state index in [9.17, 15) is 23.1 Å². The van der Waals surface area contributed by atoms with Crippen molar-refractivity contribution in [3.63, 3.8) is 0 Å². The Morgan fingerprint density at radius 3 is 2.47 bits per heavy atom. The summed E-state index contributed by atoms with van der Waals surface area (Å²) < 4.78 is 42.8. The Bertz CT molecular complexity index is 972. The van der Waals surface area contributed by atoms with Crippen LogP contribution in [0.4, 0.5) is 24.5 Å². The molecule has 0 unspecified atom stereocenters. The van der Waals surface area contributed by atoms with Crippen molar-refractivity contribution in [3.8, 4) is 0 Å². The molecule has 1 amide bonds. The monoisotopic (exact) mass is 419 g/mol. The summed E-state index contributed by atoms with van der Waals surface area (Å²) in [7, 11) is 0. The molecular weight excluding hydrogens is 395 g/mol. The molecule has 160 valence electrons. The summed E-state index contributed by atoms with van der Waals surface area (Å²) in [5.74, 6) is -3.56. The molecule has 2 aliphatic rings. The van der Waals surface area contributed by atoms with Crippen LogP contribution in [-0.2, 0) is 6.42 Å². The highest BCUT2D eigenvalue weighted by atomic mass is 19.2. The van der Waals surface area contributed by atoms with E-state index in [2.05, 4.69) is 10.2 Å². The molecule has 0 radical (unpaired) electrons. The minimum atomic E-state index is -1.25. The Kier molecular flexibility index (Phi) is 5.46. The Balaban J connectivity index is 1.55. The number of hydrogen-bond donors (Lipinski definition) is 2. The number of rotatable bonds is 6. The van der Waals surface area contributed by atoms with Crippen LogP contribution in [0.1, 0.15) is 29.3 Å². The van der Waals surface area contributed by atoms with Crippen LogP contribution < -0.4 is 5.32 Å². The molecule has 2 aromatic carbocycles. The summed E-state index contributed by atoms with van der Waals surface area (Å²) in [4.78, 5) is 16.4. The fourth-order valence-electron chi connectivity index (χ4n) is 3.90. The second-order valence-electron chi connectivity index (χ2n) is 8.09. The Labute approximate surface area is 173 Å². The fourth-order valence-corrected chi connectivity index (χ4v) is 3.90. The first-order valence-electron chi connectivity index (χ1n) is 10.1. The molecule has 8 heteroatoms. The van der Waals surface area contributed by atoms with Gasteiger partial charge in [0.15, 0.2) is 11.6 Å². The molecule has 30 heavy (non-hydrogen) atoms. The van der Waals surface area contributed by atoms with Gasteiger partial charge in [-0.3, -0.25) is 4.79 Å². The lowest BCUT2D eigenvalue weighted by atomic mass is 9.91. The van der Waals surface area contributed by atoms with Gasteiger partial charge in [0.1, 0.15) is 11.4 Å². The van der Waals surface area contributed by atoms with Crippen molar-refractivity contribution in [3.05, 3.63) is 58.9 Å². The maximum absolute atomic E-state index is 14.6. The number of nitrogens with zero attached hydrogens (tertiary/aromatic N) is 2. The minimum absolute atomic E-state index is 0.0522. The first-order valence-corrected chi connectivity index (χ1v) is 10.1. The lowest BCUT2D eigenvalue weighted by Gasteiger charge is -2.50. The number of aryl methyl sites for hydroxylation is 1. The Hall–Kier alpha value is -2.58. The van der Waals surface area contributed by atoms with Crippen LogP contribution in [0.15, 0.2) is 30.3 Å². The minimum Gasteiger partial charge on any atom is -0.385 e. The largest absolute Gasteiger partial charge is 0.385 e. The predicted molar refractivity (Wildman–Crippen MR) is 107 cm³/mol. The second-order valence-corrected chi connectivity index (χ2v) is 8.09. The Morgan fingerprint density at radius 1 is 1.13 bits per heavy atom. The third-order valence-corrected chi connectivity index (χ3v) is 5.75. The highest BCUT2D eigenvalue weighted by molar-refractivity contribution is 6.01. The number of nitrogens with one attached hydrogen (secondary N) is 1. The number of hydrogen-bond acceptors (Lipinski definition) is 4. The van der Waals surface area contributed by atoms with Gasteiger partial charge >= 0.3 is 0 Å². The third kappa shape index (κ3) is 3.89. The van der Waals surface area contributed by atoms with Crippen molar-refractivity contribution in [2.24, 2.45) is 0 Å². The summed E-state index contributed by atoms with van der Waals surface area (Å²) in [5, 5.41) is 13.1. The molecule has 2 fully saturated rings. The van der Waals surface area contributed by atoms with Crippen LogP contribution in [0.25, 0.3) is 0 Å². The van der Waals surface area contributed by atoms with E-state index in [1.165, 1.54) is 23.1 Å². The summed E-state index contributed by atoms with van der Waals surface area (Å²) >= 11 is 0. The number of anilines is 2. The number of carbonyl (C=O) groups excluding carboxylic acids is 1. The zero-order valence-corrected chi connectivity index (χ0v) is 16.7. The van der Waals surface area contributed by atoms with E-state index in [4.69, 9.17) is 0 Å². The molecule has 0 aliphatic carbocycles. The van der Waals surface area contributed by atoms with Crippen LogP contribution in [0, 0.1) is 17.5 Å². The fraction of sp³-hybridized carbons (Fsp3) is 0.409. The van der Waals surface area contributed by atoms with Gasteiger partial charge in [-0.05, 0) is 55.8 Å². The number of aliphatic hydroxyl groups is 1. The molecule has 2 saturated heterocycles.